The van der Waals surface area contributed by atoms with Crippen molar-refractivity contribution in [3.8, 4) is 0 Å². The number of hydrogen-bond acceptors (Lipinski definition) is 5. The largest absolute Gasteiger partial charge is 0.344 e. The molecule has 1 aromatic heterocycles. The van der Waals surface area contributed by atoms with Crippen LogP contribution in [0.25, 0.3) is 0 Å². The van der Waals surface area contributed by atoms with Crippen LogP contribution in [0.2, 0.25) is 0 Å². The van der Waals surface area contributed by atoms with Gasteiger partial charge in [-0.15, -0.1) is 0 Å². The Morgan fingerprint density at radius 2 is 2.14 bits per heavy atom. The molecule has 7 heteroatoms. The number of aromatic nitrogens is 2. The molecule has 0 bridgehead atoms. The Balaban J connectivity index is 1.51. The molecule has 1 saturated carbocycles. The molecule has 4 rings (SSSR count). The van der Waals surface area contributed by atoms with Gasteiger partial charge in [0.15, 0.2) is 5.82 Å². The van der Waals surface area contributed by atoms with Gasteiger partial charge >= 0.3 is 0 Å². The minimum atomic E-state index is -0.382. The van der Waals surface area contributed by atoms with Crippen LogP contribution in [-0.2, 0) is 9.59 Å². The molecule has 2 saturated heterocycles. The van der Waals surface area contributed by atoms with Crippen molar-refractivity contribution in [3.63, 3.8) is 0 Å². The van der Waals surface area contributed by atoms with E-state index in [4.69, 9.17) is 4.52 Å². The zero-order valence-corrected chi connectivity index (χ0v) is 11.7. The second kappa shape index (κ2) is 4.82. The van der Waals surface area contributed by atoms with E-state index in [1.165, 1.54) is 0 Å². The highest BCUT2D eigenvalue weighted by atomic mass is 16.5. The van der Waals surface area contributed by atoms with Gasteiger partial charge in [-0.3, -0.25) is 9.59 Å². The number of nitrogens with zero attached hydrogens (tertiary/aromatic N) is 3. The summed E-state index contributed by atoms with van der Waals surface area (Å²) in [5.41, 5.74) is 0. The molecular weight excluding hydrogens is 272 g/mol. The summed E-state index contributed by atoms with van der Waals surface area (Å²) in [6, 6.07) is -0.487. The van der Waals surface area contributed by atoms with E-state index in [2.05, 4.69) is 15.5 Å². The standard InChI is InChI=1S/C14H18N4O3/c19-11-6-5-9(15-11)14(20)18-7-1-2-10(18)12-16-13(21-17-12)8-3-4-8/h8-10H,1-7H2,(H,15,19). The first-order chi connectivity index (χ1) is 10.2. The zero-order chi connectivity index (χ0) is 14.4. The molecule has 2 amide bonds. The van der Waals surface area contributed by atoms with E-state index in [0.717, 1.165) is 25.7 Å². The van der Waals surface area contributed by atoms with Crippen molar-refractivity contribution in [3.05, 3.63) is 11.7 Å². The fraction of sp³-hybridized carbons (Fsp3) is 0.714. The predicted octanol–water partition coefficient (Wildman–Crippen LogP) is 0.889. The Hall–Kier alpha value is -1.92. The molecule has 1 N–H and O–H groups in total. The minimum Gasteiger partial charge on any atom is -0.344 e. The van der Waals surface area contributed by atoms with Gasteiger partial charge in [-0.1, -0.05) is 5.16 Å². The maximum atomic E-state index is 12.6. The summed E-state index contributed by atoms with van der Waals surface area (Å²) in [6.07, 6.45) is 5.04. The maximum Gasteiger partial charge on any atom is 0.245 e. The highest BCUT2D eigenvalue weighted by molar-refractivity contribution is 5.91. The summed E-state index contributed by atoms with van der Waals surface area (Å²) in [5, 5.41) is 6.81. The minimum absolute atomic E-state index is 0.0129. The van der Waals surface area contributed by atoms with Gasteiger partial charge in [0.25, 0.3) is 0 Å². The average Bonchev–Trinajstić information content (AvgIpc) is 2.94. The summed E-state index contributed by atoms with van der Waals surface area (Å²) in [4.78, 5) is 30.1. The van der Waals surface area contributed by atoms with Gasteiger partial charge in [0, 0.05) is 18.9 Å². The molecule has 3 heterocycles. The first-order valence-corrected chi connectivity index (χ1v) is 7.66. The Kier molecular flexibility index (Phi) is 2.94. The number of nitrogens with one attached hydrogen (secondary N) is 1. The third-order valence-electron chi connectivity index (χ3n) is 4.51. The third-order valence-corrected chi connectivity index (χ3v) is 4.51. The molecule has 3 aliphatic rings. The summed E-state index contributed by atoms with van der Waals surface area (Å²) >= 11 is 0. The first-order valence-electron chi connectivity index (χ1n) is 7.66. The number of carbonyl (C=O) groups is 2. The van der Waals surface area contributed by atoms with Gasteiger partial charge in [-0.25, -0.2) is 0 Å². The molecule has 21 heavy (non-hydrogen) atoms. The van der Waals surface area contributed by atoms with E-state index in [1.54, 1.807) is 4.90 Å². The lowest BCUT2D eigenvalue weighted by atomic mass is 10.1. The third kappa shape index (κ3) is 2.30. The van der Waals surface area contributed by atoms with Crippen LogP contribution in [0, 0.1) is 0 Å². The van der Waals surface area contributed by atoms with Crippen LogP contribution >= 0.6 is 0 Å². The van der Waals surface area contributed by atoms with E-state index < -0.39 is 0 Å². The molecule has 1 aromatic rings. The number of carbonyl (C=O) groups excluding carboxylic acids is 2. The van der Waals surface area contributed by atoms with Crippen LogP contribution in [0.3, 0.4) is 0 Å². The fourth-order valence-electron chi connectivity index (χ4n) is 3.18. The van der Waals surface area contributed by atoms with Crippen molar-refractivity contribution in [2.24, 2.45) is 0 Å². The fourth-order valence-corrected chi connectivity index (χ4v) is 3.18. The van der Waals surface area contributed by atoms with E-state index >= 15 is 0 Å². The summed E-state index contributed by atoms with van der Waals surface area (Å²) < 4.78 is 5.30. The van der Waals surface area contributed by atoms with Crippen molar-refractivity contribution >= 4 is 11.8 Å². The molecule has 2 unspecified atom stereocenters. The molecule has 7 nitrogen and oxygen atoms in total. The average molecular weight is 290 g/mol. The van der Waals surface area contributed by atoms with Gasteiger partial charge < -0.3 is 14.7 Å². The number of likely N-dealkylation sites (tertiary alicyclic amines) is 1. The highest BCUT2D eigenvalue weighted by Gasteiger charge is 2.39. The van der Waals surface area contributed by atoms with Crippen molar-refractivity contribution in [2.75, 3.05) is 6.54 Å². The van der Waals surface area contributed by atoms with Gasteiger partial charge in [0.05, 0.1) is 6.04 Å². The number of hydrogen-bond donors (Lipinski definition) is 1. The normalized spacial score (nSPS) is 29.0. The maximum absolute atomic E-state index is 12.6. The summed E-state index contributed by atoms with van der Waals surface area (Å²) in [5.74, 6) is 1.69. The van der Waals surface area contributed by atoms with Crippen LogP contribution in [0.15, 0.2) is 4.52 Å². The second-order valence-corrected chi connectivity index (χ2v) is 6.11. The predicted molar refractivity (Wildman–Crippen MR) is 71.1 cm³/mol. The van der Waals surface area contributed by atoms with Crippen LogP contribution < -0.4 is 5.32 Å². The van der Waals surface area contributed by atoms with Gasteiger partial charge in [0.2, 0.25) is 17.7 Å². The molecule has 1 aliphatic carbocycles. The summed E-state index contributed by atoms with van der Waals surface area (Å²) in [6.45, 7) is 0.698. The number of amides is 2. The van der Waals surface area contributed by atoms with E-state index in [-0.39, 0.29) is 23.9 Å². The Labute approximate surface area is 122 Å². The Bertz CT molecular complexity index is 581. The molecule has 0 spiro atoms. The smallest absolute Gasteiger partial charge is 0.245 e. The van der Waals surface area contributed by atoms with Crippen molar-refractivity contribution < 1.29 is 14.1 Å². The van der Waals surface area contributed by atoms with E-state index in [9.17, 15) is 9.59 Å². The Morgan fingerprint density at radius 3 is 2.86 bits per heavy atom. The van der Waals surface area contributed by atoms with Crippen LogP contribution in [0.1, 0.15) is 62.2 Å². The molecular formula is C14H18N4O3. The lowest BCUT2D eigenvalue weighted by molar-refractivity contribution is -0.135. The summed E-state index contributed by atoms with van der Waals surface area (Å²) in [7, 11) is 0. The first kappa shape index (κ1) is 12.8. The van der Waals surface area contributed by atoms with Crippen LogP contribution in [0.4, 0.5) is 0 Å². The van der Waals surface area contributed by atoms with E-state index in [0.29, 0.717) is 37.0 Å². The molecule has 2 aliphatic heterocycles. The quantitative estimate of drug-likeness (QED) is 0.893. The second-order valence-electron chi connectivity index (χ2n) is 6.11. The topological polar surface area (TPSA) is 88.3 Å². The highest BCUT2D eigenvalue weighted by Crippen LogP contribution is 2.40. The van der Waals surface area contributed by atoms with Crippen molar-refractivity contribution in [1.29, 1.82) is 0 Å². The number of rotatable bonds is 3. The van der Waals surface area contributed by atoms with Crippen molar-refractivity contribution in [1.82, 2.24) is 20.4 Å². The lowest BCUT2D eigenvalue weighted by Gasteiger charge is -2.25. The van der Waals surface area contributed by atoms with Gasteiger partial charge in [0.1, 0.15) is 6.04 Å². The molecule has 0 aromatic carbocycles. The van der Waals surface area contributed by atoms with Crippen molar-refractivity contribution in [2.45, 2.75) is 56.5 Å². The molecule has 112 valence electrons. The molecule has 0 radical (unpaired) electrons. The zero-order valence-electron chi connectivity index (χ0n) is 11.7. The van der Waals surface area contributed by atoms with Gasteiger partial charge in [-0.2, -0.15) is 4.98 Å². The van der Waals surface area contributed by atoms with Crippen LogP contribution in [0.5, 0.6) is 0 Å². The SMILES string of the molecule is O=C1CCC(C(=O)N2CCCC2c2noc(C3CC3)n2)N1. The monoisotopic (exact) mass is 290 g/mol. The molecule has 2 atom stereocenters. The lowest BCUT2D eigenvalue weighted by Crippen LogP contribution is -2.44. The molecule has 3 fully saturated rings. The van der Waals surface area contributed by atoms with Gasteiger partial charge in [-0.05, 0) is 32.1 Å². The Morgan fingerprint density at radius 1 is 1.29 bits per heavy atom. The van der Waals surface area contributed by atoms with Crippen LogP contribution in [-0.4, -0.2) is 39.4 Å². The van der Waals surface area contributed by atoms with E-state index in [1.807, 2.05) is 0 Å².